The zero-order valence-electron chi connectivity index (χ0n) is 11.3. The number of thiophene rings is 1. The predicted molar refractivity (Wildman–Crippen MR) is 82.6 cm³/mol. The first-order chi connectivity index (χ1) is 10.2. The molecule has 4 nitrogen and oxygen atoms in total. The van der Waals surface area contributed by atoms with Gasteiger partial charge in [-0.3, -0.25) is 0 Å². The number of aromatic nitrogens is 1. The summed E-state index contributed by atoms with van der Waals surface area (Å²) in [4.78, 5) is 11.8. The van der Waals surface area contributed by atoms with Crippen LogP contribution in [0.1, 0.15) is 9.67 Å². The van der Waals surface area contributed by atoms with Crippen LogP contribution in [0.4, 0.5) is 0 Å². The number of aromatic carboxylic acids is 1. The summed E-state index contributed by atoms with van der Waals surface area (Å²) in [5.74, 6) is -0.203. The number of hydrogen-bond acceptors (Lipinski definition) is 3. The second-order valence-electron chi connectivity index (χ2n) is 4.42. The van der Waals surface area contributed by atoms with Crippen molar-refractivity contribution in [1.82, 2.24) is 4.57 Å². The topological polar surface area (TPSA) is 51.5 Å². The van der Waals surface area contributed by atoms with Crippen LogP contribution >= 0.6 is 11.3 Å². The van der Waals surface area contributed by atoms with E-state index in [1.807, 2.05) is 58.7 Å². The summed E-state index contributed by atoms with van der Waals surface area (Å²) in [6.45, 7) is 0. The van der Waals surface area contributed by atoms with Crippen molar-refractivity contribution in [2.75, 3.05) is 7.11 Å². The van der Waals surface area contributed by atoms with Gasteiger partial charge in [0.25, 0.3) is 0 Å². The van der Waals surface area contributed by atoms with Crippen LogP contribution in [-0.4, -0.2) is 22.8 Å². The monoisotopic (exact) mass is 299 g/mol. The standard InChI is InChI=1S/C16H13NO3S/c1-20-13-7-3-2-6-11(13)12-10-21-15(16(18)19)14(12)17-8-4-5-9-17/h2-10H,1H3,(H,18,19). The second kappa shape index (κ2) is 5.46. The highest BCUT2D eigenvalue weighted by Crippen LogP contribution is 2.39. The molecule has 0 aliphatic rings. The average Bonchev–Trinajstić information content (AvgIpc) is 3.15. The molecular weight excluding hydrogens is 286 g/mol. The fourth-order valence-electron chi connectivity index (χ4n) is 2.30. The Bertz CT molecular complexity index is 775. The van der Waals surface area contributed by atoms with Gasteiger partial charge < -0.3 is 14.4 Å². The lowest BCUT2D eigenvalue weighted by Gasteiger charge is -2.11. The summed E-state index contributed by atoms with van der Waals surface area (Å²) >= 11 is 1.22. The van der Waals surface area contributed by atoms with Gasteiger partial charge in [-0.2, -0.15) is 0 Å². The Morgan fingerprint density at radius 2 is 1.86 bits per heavy atom. The van der Waals surface area contributed by atoms with Crippen molar-refractivity contribution in [3.8, 4) is 22.6 Å². The van der Waals surface area contributed by atoms with Gasteiger partial charge in [0.15, 0.2) is 0 Å². The van der Waals surface area contributed by atoms with Crippen LogP contribution in [0.25, 0.3) is 16.8 Å². The molecule has 0 saturated carbocycles. The summed E-state index contributed by atoms with van der Waals surface area (Å²) in [5.41, 5.74) is 2.40. The van der Waals surface area contributed by atoms with Crippen LogP contribution in [-0.2, 0) is 0 Å². The zero-order chi connectivity index (χ0) is 14.8. The molecule has 0 unspecified atom stereocenters. The van der Waals surface area contributed by atoms with E-state index in [4.69, 9.17) is 4.74 Å². The Hall–Kier alpha value is -2.53. The predicted octanol–water partition coefficient (Wildman–Crippen LogP) is 3.91. The van der Waals surface area contributed by atoms with E-state index in [1.165, 1.54) is 11.3 Å². The molecule has 0 aliphatic heterocycles. The van der Waals surface area contributed by atoms with Crippen molar-refractivity contribution < 1.29 is 14.6 Å². The van der Waals surface area contributed by atoms with Gasteiger partial charge in [-0.25, -0.2) is 4.79 Å². The number of nitrogens with zero attached hydrogens (tertiary/aromatic N) is 1. The van der Waals surface area contributed by atoms with Crippen LogP contribution in [0, 0.1) is 0 Å². The first kappa shape index (κ1) is 13.5. The first-order valence-electron chi connectivity index (χ1n) is 6.34. The van der Waals surface area contributed by atoms with Gasteiger partial charge in [0, 0.05) is 28.9 Å². The first-order valence-corrected chi connectivity index (χ1v) is 7.22. The minimum absolute atomic E-state index is 0.312. The highest BCUT2D eigenvalue weighted by Gasteiger charge is 2.21. The molecule has 0 aliphatic carbocycles. The molecule has 0 fully saturated rings. The van der Waals surface area contributed by atoms with Crippen LogP contribution in [0.5, 0.6) is 5.75 Å². The maximum absolute atomic E-state index is 11.5. The van der Waals surface area contributed by atoms with Gasteiger partial charge in [0.05, 0.1) is 12.8 Å². The summed E-state index contributed by atoms with van der Waals surface area (Å²) in [7, 11) is 1.61. The number of rotatable bonds is 4. The van der Waals surface area contributed by atoms with Crippen LogP contribution < -0.4 is 4.74 Å². The van der Waals surface area contributed by atoms with Crippen molar-refractivity contribution in [2.24, 2.45) is 0 Å². The number of carboxylic acids is 1. The molecule has 0 saturated heterocycles. The highest BCUT2D eigenvalue weighted by atomic mass is 32.1. The normalized spacial score (nSPS) is 10.5. The third-order valence-electron chi connectivity index (χ3n) is 3.22. The van der Waals surface area contributed by atoms with Crippen molar-refractivity contribution in [2.45, 2.75) is 0 Å². The molecule has 0 bridgehead atoms. The Morgan fingerprint density at radius 3 is 2.52 bits per heavy atom. The Kier molecular flexibility index (Phi) is 3.50. The van der Waals surface area contributed by atoms with Gasteiger partial charge in [-0.15, -0.1) is 11.3 Å². The summed E-state index contributed by atoms with van der Waals surface area (Å²) < 4.78 is 7.21. The molecule has 0 amide bonds. The van der Waals surface area contributed by atoms with Crippen molar-refractivity contribution in [3.63, 3.8) is 0 Å². The highest BCUT2D eigenvalue weighted by molar-refractivity contribution is 7.13. The number of carboxylic acid groups (broad SMARTS) is 1. The van der Waals surface area contributed by atoms with E-state index in [0.29, 0.717) is 10.6 Å². The Morgan fingerprint density at radius 1 is 1.14 bits per heavy atom. The van der Waals surface area contributed by atoms with E-state index in [0.717, 1.165) is 16.9 Å². The van der Waals surface area contributed by atoms with Crippen LogP contribution in [0.2, 0.25) is 0 Å². The molecule has 2 aromatic heterocycles. The fourth-order valence-corrected chi connectivity index (χ4v) is 3.20. The van der Waals surface area contributed by atoms with E-state index < -0.39 is 5.97 Å². The molecule has 1 N–H and O–H groups in total. The van der Waals surface area contributed by atoms with E-state index in [9.17, 15) is 9.90 Å². The molecule has 0 spiro atoms. The quantitative estimate of drug-likeness (QED) is 0.794. The molecule has 106 valence electrons. The third kappa shape index (κ3) is 2.32. The third-order valence-corrected chi connectivity index (χ3v) is 4.18. The maximum atomic E-state index is 11.5. The number of para-hydroxylation sites is 1. The van der Waals surface area contributed by atoms with E-state index in [-0.39, 0.29) is 0 Å². The van der Waals surface area contributed by atoms with E-state index in [2.05, 4.69) is 0 Å². The molecule has 3 aromatic rings. The molecule has 5 heteroatoms. The molecular formula is C16H13NO3S. The van der Waals surface area contributed by atoms with E-state index in [1.54, 1.807) is 7.11 Å². The molecule has 1 aromatic carbocycles. The lowest BCUT2D eigenvalue weighted by molar-refractivity contribution is 0.0702. The number of ether oxygens (including phenoxy) is 1. The number of hydrogen-bond donors (Lipinski definition) is 1. The van der Waals surface area contributed by atoms with Crippen molar-refractivity contribution >= 4 is 17.3 Å². The van der Waals surface area contributed by atoms with Gasteiger partial charge in [0.1, 0.15) is 10.6 Å². The van der Waals surface area contributed by atoms with Gasteiger partial charge in [-0.05, 0) is 18.2 Å². The van der Waals surface area contributed by atoms with Crippen LogP contribution in [0.15, 0.2) is 54.2 Å². The summed E-state index contributed by atoms with van der Waals surface area (Å²) in [6, 6.07) is 11.3. The van der Waals surface area contributed by atoms with E-state index >= 15 is 0 Å². The Balaban J connectivity index is 2.27. The lowest BCUT2D eigenvalue weighted by atomic mass is 10.1. The number of carbonyl (C=O) groups is 1. The molecule has 2 heterocycles. The Labute approximate surface area is 125 Å². The summed E-state index contributed by atoms with van der Waals surface area (Å²) in [6.07, 6.45) is 3.68. The van der Waals surface area contributed by atoms with Crippen molar-refractivity contribution in [1.29, 1.82) is 0 Å². The molecule has 21 heavy (non-hydrogen) atoms. The lowest BCUT2D eigenvalue weighted by Crippen LogP contribution is -2.01. The maximum Gasteiger partial charge on any atom is 0.348 e. The van der Waals surface area contributed by atoms with Crippen molar-refractivity contribution in [3.05, 3.63) is 59.0 Å². The second-order valence-corrected chi connectivity index (χ2v) is 5.30. The number of methoxy groups -OCH3 is 1. The molecule has 3 rings (SSSR count). The van der Waals surface area contributed by atoms with Gasteiger partial charge >= 0.3 is 5.97 Å². The summed E-state index contributed by atoms with van der Waals surface area (Å²) in [5, 5.41) is 11.3. The van der Waals surface area contributed by atoms with Crippen LogP contribution in [0.3, 0.4) is 0 Å². The van der Waals surface area contributed by atoms with Gasteiger partial charge in [-0.1, -0.05) is 18.2 Å². The zero-order valence-corrected chi connectivity index (χ0v) is 12.1. The fraction of sp³-hybridized carbons (Fsp3) is 0.0625. The van der Waals surface area contributed by atoms with Gasteiger partial charge in [0.2, 0.25) is 0 Å². The largest absolute Gasteiger partial charge is 0.496 e. The minimum atomic E-state index is -0.926. The average molecular weight is 299 g/mol. The minimum Gasteiger partial charge on any atom is -0.496 e. The molecule has 0 atom stereocenters. The smallest absolute Gasteiger partial charge is 0.348 e. The number of benzene rings is 1. The SMILES string of the molecule is COc1ccccc1-c1csc(C(=O)O)c1-n1cccc1. The molecule has 0 radical (unpaired) electrons.